The van der Waals surface area contributed by atoms with Crippen LogP contribution >= 0.6 is 0 Å². The molecule has 2 nitrogen and oxygen atoms in total. The number of phenols is 1. The number of anilines is 1. The molecule has 0 aromatic heterocycles. The third-order valence-corrected chi connectivity index (χ3v) is 3.70. The van der Waals surface area contributed by atoms with Crippen LogP contribution in [0.5, 0.6) is 5.75 Å². The standard InChI is InChI=1S/C16H16FNO/c1-10-5-7-15(13(17)9-10)18-14-8-6-12-11(14)3-2-4-16(12)19/h2-5,7,9,14,18-19H,6,8H2,1H3. The number of hydrogen-bond donors (Lipinski definition) is 2. The Morgan fingerprint density at radius 3 is 2.89 bits per heavy atom. The zero-order valence-electron chi connectivity index (χ0n) is 10.8. The lowest BCUT2D eigenvalue weighted by Crippen LogP contribution is -2.08. The summed E-state index contributed by atoms with van der Waals surface area (Å²) in [5, 5.41) is 13.0. The van der Waals surface area contributed by atoms with Crippen LogP contribution in [0.1, 0.15) is 29.2 Å². The third kappa shape index (κ3) is 2.16. The van der Waals surface area contributed by atoms with Crippen LogP contribution in [0.2, 0.25) is 0 Å². The summed E-state index contributed by atoms with van der Waals surface area (Å²) < 4.78 is 13.8. The summed E-state index contributed by atoms with van der Waals surface area (Å²) in [6.45, 7) is 1.87. The number of halogens is 1. The van der Waals surface area contributed by atoms with E-state index in [1.807, 2.05) is 25.1 Å². The fraction of sp³-hybridized carbons (Fsp3) is 0.250. The Hall–Kier alpha value is -2.03. The van der Waals surface area contributed by atoms with Gasteiger partial charge in [0.25, 0.3) is 0 Å². The minimum Gasteiger partial charge on any atom is -0.508 e. The van der Waals surface area contributed by atoms with E-state index in [9.17, 15) is 9.50 Å². The van der Waals surface area contributed by atoms with E-state index in [0.29, 0.717) is 11.4 Å². The van der Waals surface area contributed by atoms with Crippen molar-refractivity contribution in [2.75, 3.05) is 5.32 Å². The van der Waals surface area contributed by atoms with Gasteiger partial charge < -0.3 is 10.4 Å². The molecule has 0 aliphatic heterocycles. The summed E-state index contributed by atoms with van der Waals surface area (Å²) in [4.78, 5) is 0. The van der Waals surface area contributed by atoms with Crippen molar-refractivity contribution in [2.24, 2.45) is 0 Å². The maximum absolute atomic E-state index is 13.8. The van der Waals surface area contributed by atoms with Crippen LogP contribution in [0.25, 0.3) is 0 Å². The van der Waals surface area contributed by atoms with E-state index in [1.54, 1.807) is 12.1 Å². The average molecular weight is 257 g/mol. The predicted molar refractivity (Wildman–Crippen MR) is 73.9 cm³/mol. The number of rotatable bonds is 2. The summed E-state index contributed by atoms with van der Waals surface area (Å²) in [6.07, 6.45) is 1.70. The zero-order chi connectivity index (χ0) is 13.4. The smallest absolute Gasteiger partial charge is 0.146 e. The number of aryl methyl sites for hydroxylation is 1. The highest BCUT2D eigenvalue weighted by Crippen LogP contribution is 2.38. The highest BCUT2D eigenvalue weighted by molar-refractivity contribution is 5.52. The lowest BCUT2D eigenvalue weighted by molar-refractivity contribution is 0.469. The lowest BCUT2D eigenvalue weighted by Gasteiger charge is -2.16. The van der Waals surface area contributed by atoms with Gasteiger partial charge in [0.05, 0.1) is 11.7 Å². The SMILES string of the molecule is Cc1ccc(NC2CCc3c(O)cccc32)c(F)c1. The molecule has 1 aliphatic rings. The molecule has 0 heterocycles. The second-order valence-electron chi connectivity index (χ2n) is 5.06. The van der Waals surface area contributed by atoms with Crippen molar-refractivity contribution in [3.05, 3.63) is 58.9 Å². The highest BCUT2D eigenvalue weighted by atomic mass is 19.1. The number of benzene rings is 2. The normalized spacial score (nSPS) is 17.3. The second-order valence-corrected chi connectivity index (χ2v) is 5.06. The van der Waals surface area contributed by atoms with Crippen molar-refractivity contribution in [3.63, 3.8) is 0 Å². The Labute approximate surface area is 111 Å². The minimum atomic E-state index is -0.228. The fourth-order valence-corrected chi connectivity index (χ4v) is 2.71. The van der Waals surface area contributed by atoms with E-state index in [4.69, 9.17) is 0 Å². The van der Waals surface area contributed by atoms with Crippen molar-refractivity contribution in [1.29, 1.82) is 0 Å². The van der Waals surface area contributed by atoms with Gasteiger partial charge in [-0.25, -0.2) is 4.39 Å². The molecule has 1 unspecified atom stereocenters. The molecule has 0 fully saturated rings. The van der Waals surface area contributed by atoms with Gasteiger partial charge in [0.15, 0.2) is 0 Å². The van der Waals surface area contributed by atoms with Crippen molar-refractivity contribution >= 4 is 5.69 Å². The quantitative estimate of drug-likeness (QED) is 0.854. The summed E-state index contributed by atoms with van der Waals surface area (Å²) in [5.74, 6) is 0.111. The molecule has 0 bridgehead atoms. The Balaban J connectivity index is 1.89. The van der Waals surface area contributed by atoms with Crippen molar-refractivity contribution in [1.82, 2.24) is 0 Å². The van der Waals surface area contributed by atoms with Crippen LogP contribution in [-0.2, 0) is 6.42 Å². The number of hydrogen-bond acceptors (Lipinski definition) is 2. The molecule has 1 atom stereocenters. The molecule has 3 rings (SSSR count). The van der Waals surface area contributed by atoms with Gasteiger partial charge in [-0.15, -0.1) is 0 Å². The van der Waals surface area contributed by atoms with E-state index < -0.39 is 0 Å². The van der Waals surface area contributed by atoms with E-state index in [0.717, 1.165) is 29.5 Å². The zero-order valence-corrected chi connectivity index (χ0v) is 10.8. The summed E-state index contributed by atoms with van der Waals surface area (Å²) in [5.41, 5.74) is 3.48. The summed E-state index contributed by atoms with van der Waals surface area (Å²) in [6, 6.07) is 10.8. The molecule has 2 aromatic rings. The molecule has 2 aromatic carbocycles. The number of nitrogens with one attached hydrogen (secondary N) is 1. The van der Waals surface area contributed by atoms with Crippen molar-refractivity contribution in [2.45, 2.75) is 25.8 Å². The van der Waals surface area contributed by atoms with Crippen molar-refractivity contribution < 1.29 is 9.50 Å². The Kier molecular flexibility index (Phi) is 2.90. The van der Waals surface area contributed by atoms with Gasteiger partial charge in [-0.05, 0) is 54.7 Å². The molecule has 3 heteroatoms. The van der Waals surface area contributed by atoms with E-state index >= 15 is 0 Å². The monoisotopic (exact) mass is 257 g/mol. The topological polar surface area (TPSA) is 32.3 Å². The molecule has 0 saturated heterocycles. The number of phenolic OH excluding ortho intramolecular Hbond substituents is 1. The molecule has 19 heavy (non-hydrogen) atoms. The first-order chi connectivity index (χ1) is 9.15. The Morgan fingerprint density at radius 1 is 1.26 bits per heavy atom. The van der Waals surface area contributed by atoms with Crippen molar-refractivity contribution in [3.8, 4) is 5.75 Å². The van der Waals surface area contributed by atoms with Crippen LogP contribution in [0.15, 0.2) is 36.4 Å². The van der Waals surface area contributed by atoms with E-state index in [2.05, 4.69) is 5.32 Å². The molecule has 0 spiro atoms. The molecule has 0 amide bonds. The predicted octanol–water partition coefficient (Wildman–Crippen LogP) is 3.94. The summed E-state index contributed by atoms with van der Waals surface area (Å²) in [7, 11) is 0. The fourth-order valence-electron chi connectivity index (χ4n) is 2.71. The van der Waals surface area contributed by atoms with Crippen LogP contribution in [-0.4, -0.2) is 5.11 Å². The van der Waals surface area contributed by atoms with Gasteiger partial charge in [0.2, 0.25) is 0 Å². The van der Waals surface area contributed by atoms with E-state index in [-0.39, 0.29) is 11.9 Å². The van der Waals surface area contributed by atoms with Crippen LogP contribution in [0.4, 0.5) is 10.1 Å². The van der Waals surface area contributed by atoms with Crippen LogP contribution in [0, 0.1) is 12.7 Å². The maximum atomic E-state index is 13.8. The highest BCUT2D eigenvalue weighted by Gasteiger charge is 2.24. The molecule has 98 valence electrons. The first-order valence-electron chi connectivity index (χ1n) is 6.48. The van der Waals surface area contributed by atoms with Crippen LogP contribution < -0.4 is 5.32 Å². The third-order valence-electron chi connectivity index (χ3n) is 3.70. The molecule has 1 aliphatic carbocycles. The second kappa shape index (κ2) is 4.57. The Bertz CT molecular complexity index is 624. The van der Waals surface area contributed by atoms with Gasteiger partial charge >= 0.3 is 0 Å². The van der Waals surface area contributed by atoms with Gasteiger partial charge in [-0.1, -0.05) is 18.2 Å². The van der Waals surface area contributed by atoms with Gasteiger partial charge in [-0.2, -0.15) is 0 Å². The van der Waals surface area contributed by atoms with Crippen LogP contribution in [0.3, 0.4) is 0 Å². The van der Waals surface area contributed by atoms with Gasteiger partial charge in [-0.3, -0.25) is 0 Å². The Morgan fingerprint density at radius 2 is 2.11 bits per heavy atom. The maximum Gasteiger partial charge on any atom is 0.146 e. The summed E-state index contributed by atoms with van der Waals surface area (Å²) >= 11 is 0. The molecular weight excluding hydrogens is 241 g/mol. The average Bonchev–Trinajstić information content (AvgIpc) is 2.78. The largest absolute Gasteiger partial charge is 0.508 e. The molecular formula is C16H16FNO. The lowest BCUT2D eigenvalue weighted by atomic mass is 10.1. The minimum absolute atomic E-state index is 0.0688. The first-order valence-corrected chi connectivity index (χ1v) is 6.48. The van der Waals surface area contributed by atoms with Gasteiger partial charge in [0.1, 0.15) is 11.6 Å². The number of fused-ring (bicyclic) bond motifs is 1. The molecule has 0 radical (unpaired) electrons. The molecule has 0 saturated carbocycles. The first kappa shape index (κ1) is 12.0. The molecule has 2 N–H and O–H groups in total. The van der Waals surface area contributed by atoms with Gasteiger partial charge in [0, 0.05) is 0 Å². The van der Waals surface area contributed by atoms with E-state index in [1.165, 1.54) is 6.07 Å². The number of aromatic hydroxyl groups is 1.